The number of alkyl halides is 1. The SMILES string of the molecule is CC1(C)O[C@H]2[C@H](CBr)OC(=O)[C@@H]2O1. The van der Waals surface area contributed by atoms with Crippen LogP contribution in [0.25, 0.3) is 0 Å². The molecule has 4 nitrogen and oxygen atoms in total. The van der Waals surface area contributed by atoms with E-state index in [9.17, 15) is 4.79 Å². The number of hydrogen-bond donors (Lipinski definition) is 0. The number of cyclic esters (lactones) is 1. The first-order chi connectivity index (χ1) is 6.03. The van der Waals surface area contributed by atoms with Crippen molar-refractivity contribution in [1.82, 2.24) is 0 Å². The molecule has 2 aliphatic heterocycles. The van der Waals surface area contributed by atoms with Crippen LogP contribution in [-0.2, 0) is 19.0 Å². The second-order valence-corrected chi connectivity index (χ2v) is 4.30. The van der Waals surface area contributed by atoms with Crippen LogP contribution in [0.2, 0.25) is 0 Å². The van der Waals surface area contributed by atoms with Crippen LogP contribution in [-0.4, -0.2) is 35.4 Å². The van der Waals surface area contributed by atoms with Gasteiger partial charge in [-0.1, -0.05) is 15.9 Å². The standard InChI is InChI=1S/C8H11BrO4/c1-8(2)12-5-4(3-9)11-7(10)6(5)13-8/h4-6H,3H2,1-2H3/t4-,5-,6+/m0/s1. The third kappa shape index (κ3) is 1.49. The number of ether oxygens (including phenoxy) is 3. The highest BCUT2D eigenvalue weighted by molar-refractivity contribution is 9.09. The molecule has 74 valence electrons. The van der Waals surface area contributed by atoms with Crippen LogP contribution in [0.5, 0.6) is 0 Å². The summed E-state index contributed by atoms with van der Waals surface area (Å²) in [5.74, 6) is -0.991. The monoisotopic (exact) mass is 250 g/mol. The smallest absolute Gasteiger partial charge is 0.338 e. The molecule has 2 saturated heterocycles. The first kappa shape index (κ1) is 9.43. The molecule has 0 aromatic carbocycles. The van der Waals surface area contributed by atoms with E-state index in [0.29, 0.717) is 5.33 Å². The van der Waals surface area contributed by atoms with Gasteiger partial charge in [-0.3, -0.25) is 0 Å². The van der Waals surface area contributed by atoms with Crippen molar-refractivity contribution in [3.8, 4) is 0 Å². The summed E-state index contributed by atoms with van der Waals surface area (Å²) < 4.78 is 16.0. The molecule has 2 fully saturated rings. The molecule has 0 unspecified atom stereocenters. The van der Waals surface area contributed by atoms with Crippen LogP contribution >= 0.6 is 15.9 Å². The molecule has 2 rings (SSSR count). The van der Waals surface area contributed by atoms with Crippen molar-refractivity contribution < 1.29 is 19.0 Å². The normalized spacial score (nSPS) is 41.8. The van der Waals surface area contributed by atoms with Gasteiger partial charge in [0.25, 0.3) is 0 Å². The second-order valence-electron chi connectivity index (χ2n) is 3.65. The van der Waals surface area contributed by atoms with Crippen molar-refractivity contribution in [1.29, 1.82) is 0 Å². The second kappa shape index (κ2) is 2.93. The minimum Gasteiger partial charge on any atom is -0.457 e. The average molecular weight is 251 g/mol. The highest BCUT2D eigenvalue weighted by atomic mass is 79.9. The summed E-state index contributed by atoms with van der Waals surface area (Å²) in [6.07, 6.45) is -1.03. The van der Waals surface area contributed by atoms with Gasteiger partial charge < -0.3 is 14.2 Å². The Morgan fingerprint density at radius 3 is 2.77 bits per heavy atom. The Morgan fingerprint density at radius 1 is 1.46 bits per heavy atom. The number of carbonyl (C=O) groups excluding carboxylic acids is 1. The first-order valence-corrected chi connectivity index (χ1v) is 5.28. The van der Waals surface area contributed by atoms with Gasteiger partial charge in [-0.2, -0.15) is 0 Å². The fraction of sp³-hybridized carbons (Fsp3) is 0.875. The summed E-state index contributed by atoms with van der Waals surface area (Å²) in [5, 5.41) is 0.583. The van der Waals surface area contributed by atoms with Crippen molar-refractivity contribution in [3.63, 3.8) is 0 Å². The molecule has 0 amide bonds. The van der Waals surface area contributed by atoms with E-state index in [1.807, 2.05) is 0 Å². The van der Waals surface area contributed by atoms with Crippen molar-refractivity contribution in [2.45, 2.75) is 37.9 Å². The zero-order chi connectivity index (χ0) is 9.64. The van der Waals surface area contributed by atoms with Gasteiger partial charge in [-0.05, 0) is 13.8 Å². The first-order valence-electron chi connectivity index (χ1n) is 4.15. The van der Waals surface area contributed by atoms with Crippen molar-refractivity contribution in [3.05, 3.63) is 0 Å². The number of esters is 1. The van der Waals surface area contributed by atoms with Gasteiger partial charge in [0.05, 0.1) is 0 Å². The van der Waals surface area contributed by atoms with Crippen LogP contribution < -0.4 is 0 Å². The quantitative estimate of drug-likeness (QED) is 0.511. The van der Waals surface area contributed by atoms with Gasteiger partial charge >= 0.3 is 5.97 Å². The Balaban J connectivity index is 2.17. The molecular formula is C8H11BrO4. The molecule has 3 atom stereocenters. The number of halogens is 1. The Labute approximate surface area is 84.7 Å². The van der Waals surface area contributed by atoms with Crippen LogP contribution in [0, 0.1) is 0 Å². The fourth-order valence-corrected chi connectivity index (χ4v) is 2.15. The van der Waals surface area contributed by atoms with Crippen LogP contribution in [0.3, 0.4) is 0 Å². The van der Waals surface area contributed by atoms with Gasteiger partial charge in [0.1, 0.15) is 12.2 Å². The van der Waals surface area contributed by atoms with E-state index in [1.165, 1.54) is 0 Å². The minimum atomic E-state index is -0.671. The lowest BCUT2D eigenvalue weighted by molar-refractivity contribution is -0.185. The summed E-state index contributed by atoms with van der Waals surface area (Å²) in [4.78, 5) is 11.3. The topological polar surface area (TPSA) is 44.8 Å². The molecule has 0 aliphatic carbocycles. The number of fused-ring (bicyclic) bond motifs is 1. The largest absolute Gasteiger partial charge is 0.457 e. The molecule has 0 radical (unpaired) electrons. The van der Waals surface area contributed by atoms with Gasteiger partial charge in [0, 0.05) is 5.33 Å². The maximum Gasteiger partial charge on any atom is 0.338 e. The third-order valence-corrected chi connectivity index (χ3v) is 2.79. The zero-order valence-corrected chi connectivity index (χ0v) is 9.04. The highest BCUT2D eigenvalue weighted by Gasteiger charge is 2.55. The van der Waals surface area contributed by atoms with Gasteiger partial charge in [-0.15, -0.1) is 0 Å². The molecule has 5 heteroatoms. The molecule has 0 N–H and O–H groups in total. The summed E-state index contributed by atoms with van der Waals surface area (Å²) in [6, 6.07) is 0. The highest BCUT2D eigenvalue weighted by Crippen LogP contribution is 2.36. The lowest BCUT2D eigenvalue weighted by atomic mass is 10.2. The Bertz CT molecular complexity index is 240. The molecule has 0 bridgehead atoms. The number of hydrogen-bond acceptors (Lipinski definition) is 4. The molecule has 0 saturated carbocycles. The average Bonchev–Trinajstić information content (AvgIpc) is 2.47. The molecule has 0 aromatic heterocycles. The number of rotatable bonds is 1. The summed E-state index contributed by atoms with van der Waals surface area (Å²) >= 11 is 3.26. The van der Waals surface area contributed by atoms with E-state index in [2.05, 4.69) is 15.9 Å². The van der Waals surface area contributed by atoms with Crippen LogP contribution in [0.4, 0.5) is 0 Å². The van der Waals surface area contributed by atoms with Crippen LogP contribution in [0.15, 0.2) is 0 Å². The van der Waals surface area contributed by atoms with Crippen molar-refractivity contribution in [2.75, 3.05) is 5.33 Å². The summed E-state index contributed by atoms with van der Waals surface area (Å²) in [6.45, 7) is 3.59. The lowest BCUT2D eigenvalue weighted by Crippen LogP contribution is -2.30. The van der Waals surface area contributed by atoms with E-state index >= 15 is 0 Å². The molecule has 0 spiro atoms. The van der Waals surface area contributed by atoms with E-state index in [-0.39, 0.29) is 18.2 Å². The maximum absolute atomic E-state index is 11.3. The van der Waals surface area contributed by atoms with Gasteiger partial charge in [-0.25, -0.2) is 4.79 Å². The van der Waals surface area contributed by atoms with Crippen molar-refractivity contribution in [2.24, 2.45) is 0 Å². The Hall–Kier alpha value is -0.130. The molecule has 2 heterocycles. The Morgan fingerprint density at radius 2 is 2.15 bits per heavy atom. The predicted molar refractivity (Wildman–Crippen MR) is 47.5 cm³/mol. The van der Waals surface area contributed by atoms with E-state index < -0.39 is 11.9 Å². The fourth-order valence-electron chi connectivity index (χ4n) is 1.65. The van der Waals surface area contributed by atoms with E-state index in [1.54, 1.807) is 13.8 Å². The molecule has 0 aromatic rings. The third-order valence-electron chi connectivity index (χ3n) is 2.15. The molecule has 13 heavy (non-hydrogen) atoms. The predicted octanol–water partition coefficient (Wildman–Crippen LogP) is 0.827. The maximum atomic E-state index is 11.3. The van der Waals surface area contributed by atoms with E-state index in [4.69, 9.17) is 14.2 Å². The van der Waals surface area contributed by atoms with E-state index in [0.717, 1.165) is 0 Å². The van der Waals surface area contributed by atoms with Gasteiger partial charge in [0.2, 0.25) is 0 Å². The summed E-state index contributed by atoms with van der Waals surface area (Å²) in [7, 11) is 0. The minimum absolute atomic E-state index is 0.223. The Kier molecular flexibility index (Phi) is 2.13. The van der Waals surface area contributed by atoms with Crippen LogP contribution in [0.1, 0.15) is 13.8 Å². The molecule has 2 aliphatic rings. The number of carbonyl (C=O) groups is 1. The zero-order valence-electron chi connectivity index (χ0n) is 7.45. The summed E-state index contributed by atoms with van der Waals surface area (Å²) in [5.41, 5.74) is 0. The van der Waals surface area contributed by atoms with Crippen molar-refractivity contribution >= 4 is 21.9 Å². The van der Waals surface area contributed by atoms with Gasteiger partial charge in [0.15, 0.2) is 11.9 Å². The lowest BCUT2D eigenvalue weighted by Gasteiger charge is -2.20. The molecular weight excluding hydrogens is 240 g/mol.